The topological polar surface area (TPSA) is 36.6 Å². The average Bonchev–Trinajstić information content (AvgIpc) is 2.86. The maximum Gasteiger partial charge on any atom is 0.0935 e. The second-order valence-electron chi connectivity index (χ2n) is 5.69. The van der Waals surface area contributed by atoms with Crippen LogP contribution in [0.1, 0.15) is 31.2 Å². The van der Waals surface area contributed by atoms with Crippen LogP contribution < -0.4 is 0 Å². The fraction of sp³-hybridized carbons (Fsp3) is 0.714. The molecular weight excluding hydrogens is 214 g/mol. The van der Waals surface area contributed by atoms with Gasteiger partial charge in [-0.3, -0.25) is 0 Å². The molecule has 2 fully saturated rings. The minimum absolute atomic E-state index is 0.204. The van der Waals surface area contributed by atoms with E-state index in [2.05, 4.69) is 11.9 Å². The molecule has 0 radical (unpaired) electrons. The molecule has 1 aromatic heterocycles. The molecule has 1 aromatic rings. The van der Waals surface area contributed by atoms with Gasteiger partial charge in [-0.25, -0.2) is 0 Å². The highest BCUT2D eigenvalue weighted by molar-refractivity contribution is 5.08. The van der Waals surface area contributed by atoms with Crippen LogP contribution in [0.5, 0.6) is 0 Å². The first kappa shape index (κ1) is 11.3. The molecule has 0 amide bonds. The van der Waals surface area contributed by atoms with Crippen LogP contribution >= 0.6 is 0 Å². The van der Waals surface area contributed by atoms with Crippen molar-refractivity contribution in [2.75, 3.05) is 7.05 Å². The molecule has 0 spiro atoms. The van der Waals surface area contributed by atoms with Gasteiger partial charge in [-0.05, 0) is 50.3 Å². The van der Waals surface area contributed by atoms with E-state index in [0.717, 1.165) is 24.8 Å². The number of fused-ring (bicyclic) bond motifs is 2. The van der Waals surface area contributed by atoms with Crippen LogP contribution in [-0.2, 0) is 6.42 Å². The van der Waals surface area contributed by atoms with Crippen molar-refractivity contribution in [2.24, 2.45) is 5.92 Å². The quantitative estimate of drug-likeness (QED) is 0.871. The Hall–Kier alpha value is -0.800. The Morgan fingerprint density at radius 2 is 2.12 bits per heavy atom. The number of piperidine rings is 1. The lowest BCUT2D eigenvalue weighted by atomic mass is 9.84. The van der Waals surface area contributed by atoms with Gasteiger partial charge in [0, 0.05) is 18.5 Å². The van der Waals surface area contributed by atoms with Crippen molar-refractivity contribution in [3.05, 3.63) is 24.2 Å². The van der Waals surface area contributed by atoms with Crippen LogP contribution in [-0.4, -0.2) is 35.2 Å². The van der Waals surface area contributed by atoms with E-state index in [0.29, 0.717) is 18.0 Å². The summed E-state index contributed by atoms with van der Waals surface area (Å²) in [5.41, 5.74) is 1.11. The molecule has 1 N–H and O–H groups in total. The van der Waals surface area contributed by atoms with Gasteiger partial charge < -0.3 is 14.4 Å². The minimum atomic E-state index is -0.204. The normalized spacial score (nSPS) is 35.1. The highest BCUT2D eigenvalue weighted by atomic mass is 16.3. The summed E-state index contributed by atoms with van der Waals surface area (Å²) in [4.78, 5) is 2.51. The van der Waals surface area contributed by atoms with E-state index in [-0.39, 0.29) is 6.10 Å². The highest BCUT2D eigenvalue weighted by Gasteiger charge is 2.40. The Morgan fingerprint density at radius 3 is 2.71 bits per heavy atom. The van der Waals surface area contributed by atoms with Gasteiger partial charge in [0.25, 0.3) is 0 Å². The molecule has 3 heteroatoms. The zero-order valence-electron chi connectivity index (χ0n) is 10.4. The smallest absolute Gasteiger partial charge is 0.0935 e. The fourth-order valence-corrected chi connectivity index (χ4v) is 3.58. The zero-order chi connectivity index (χ0) is 11.8. The van der Waals surface area contributed by atoms with Crippen LogP contribution in [0.15, 0.2) is 23.0 Å². The summed E-state index contributed by atoms with van der Waals surface area (Å²) in [6.07, 6.45) is 8.91. The van der Waals surface area contributed by atoms with Crippen molar-refractivity contribution >= 4 is 0 Å². The van der Waals surface area contributed by atoms with E-state index in [1.165, 1.54) is 12.8 Å². The van der Waals surface area contributed by atoms with Crippen molar-refractivity contribution < 1.29 is 9.52 Å². The molecule has 0 saturated carbocycles. The Morgan fingerprint density at radius 1 is 1.41 bits per heavy atom. The van der Waals surface area contributed by atoms with E-state index in [1.54, 1.807) is 12.5 Å². The standard InChI is InChI=1S/C14H21NO2/c1-15-12-2-3-13(15)8-11(7-12)14(16)6-10-4-5-17-9-10/h4-5,9,11-14,16H,2-3,6-8H2,1H3. The molecule has 0 aromatic carbocycles. The highest BCUT2D eigenvalue weighted by Crippen LogP contribution is 2.39. The van der Waals surface area contributed by atoms with E-state index >= 15 is 0 Å². The van der Waals surface area contributed by atoms with Crippen molar-refractivity contribution in [1.82, 2.24) is 4.90 Å². The number of nitrogens with zero attached hydrogens (tertiary/aromatic N) is 1. The first-order valence-corrected chi connectivity index (χ1v) is 6.65. The summed E-state index contributed by atoms with van der Waals surface area (Å²) in [5.74, 6) is 0.471. The lowest BCUT2D eigenvalue weighted by molar-refractivity contribution is 0.0367. The van der Waals surface area contributed by atoms with Crippen molar-refractivity contribution in [3.63, 3.8) is 0 Å². The summed E-state index contributed by atoms with van der Waals surface area (Å²) in [5, 5.41) is 10.3. The van der Waals surface area contributed by atoms with E-state index in [4.69, 9.17) is 4.42 Å². The summed E-state index contributed by atoms with van der Waals surface area (Å²) in [6, 6.07) is 3.36. The van der Waals surface area contributed by atoms with Gasteiger partial charge in [-0.2, -0.15) is 0 Å². The van der Waals surface area contributed by atoms with Crippen LogP contribution in [0, 0.1) is 5.92 Å². The lowest BCUT2D eigenvalue weighted by Gasteiger charge is -2.38. The van der Waals surface area contributed by atoms with Crippen LogP contribution in [0.25, 0.3) is 0 Å². The number of aliphatic hydroxyl groups is 1. The first-order chi connectivity index (χ1) is 8.24. The van der Waals surface area contributed by atoms with Gasteiger partial charge in [0.2, 0.25) is 0 Å². The SMILES string of the molecule is CN1C2CCC1CC(C(O)Cc1ccoc1)C2. The molecular formula is C14H21NO2. The molecule has 3 rings (SSSR count). The average molecular weight is 235 g/mol. The lowest BCUT2D eigenvalue weighted by Crippen LogP contribution is -2.43. The van der Waals surface area contributed by atoms with Gasteiger partial charge in [-0.15, -0.1) is 0 Å². The molecule has 3 heterocycles. The third-order valence-electron chi connectivity index (χ3n) is 4.70. The van der Waals surface area contributed by atoms with E-state index < -0.39 is 0 Å². The number of hydrogen-bond donors (Lipinski definition) is 1. The van der Waals surface area contributed by atoms with Gasteiger partial charge in [0.15, 0.2) is 0 Å². The van der Waals surface area contributed by atoms with Crippen molar-refractivity contribution in [3.8, 4) is 0 Å². The zero-order valence-corrected chi connectivity index (χ0v) is 10.4. The predicted octanol–water partition coefficient (Wildman–Crippen LogP) is 2.06. The fourth-order valence-electron chi connectivity index (χ4n) is 3.58. The third kappa shape index (κ3) is 2.14. The minimum Gasteiger partial charge on any atom is -0.472 e. The number of rotatable bonds is 3. The summed E-state index contributed by atoms with van der Waals surface area (Å²) >= 11 is 0. The second kappa shape index (κ2) is 4.46. The van der Waals surface area contributed by atoms with Gasteiger partial charge in [0.05, 0.1) is 18.6 Å². The molecule has 2 aliphatic heterocycles. The molecule has 2 aliphatic rings. The van der Waals surface area contributed by atoms with Crippen LogP contribution in [0.4, 0.5) is 0 Å². The molecule has 2 bridgehead atoms. The monoisotopic (exact) mass is 235 g/mol. The number of aliphatic hydroxyl groups excluding tert-OH is 1. The van der Waals surface area contributed by atoms with Gasteiger partial charge >= 0.3 is 0 Å². The number of hydrogen-bond acceptors (Lipinski definition) is 3. The molecule has 3 unspecified atom stereocenters. The van der Waals surface area contributed by atoms with Gasteiger partial charge in [0.1, 0.15) is 0 Å². The molecule has 3 nitrogen and oxygen atoms in total. The molecule has 94 valence electrons. The van der Waals surface area contributed by atoms with Crippen LogP contribution in [0.3, 0.4) is 0 Å². The molecule has 17 heavy (non-hydrogen) atoms. The summed E-state index contributed by atoms with van der Waals surface area (Å²) < 4.78 is 5.06. The summed E-state index contributed by atoms with van der Waals surface area (Å²) in [7, 11) is 2.24. The Bertz CT molecular complexity index is 348. The Labute approximate surface area is 102 Å². The maximum atomic E-state index is 10.3. The second-order valence-corrected chi connectivity index (χ2v) is 5.69. The van der Waals surface area contributed by atoms with Crippen LogP contribution in [0.2, 0.25) is 0 Å². The third-order valence-corrected chi connectivity index (χ3v) is 4.70. The molecule has 0 aliphatic carbocycles. The molecule has 2 saturated heterocycles. The van der Waals surface area contributed by atoms with Crippen molar-refractivity contribution in [2.45, 2.75) is 50.3 Å². The Kier molecular flexibility index (Phi) is 2.97. The van der Waals surface area contributed by atoms with Gasteiger partial charge in [-0.1, -0.05) is 0 Å². The van der Waals surface area contributed by atoms with E-state index in [9.17, 15) is 5.11 Å². The maximum absolute atomic E-state index is 10.3. The first-order valence-electron chi connectivity index (χ1n) is 6.65. The van der Waals surface area contributed by atoms with Crippen molar-refractivity contribution in [1.29, 1.82) is 0 Å². The largest absolute Gasteiger partial charge is 0.472 e. The Balaban J connectivity index is 1.62. The molecule has 3 atom stereocenters. The predicted molar refractivity (Wildman–Crippen MR) is 65.7 cm³/mol. The number of furan rings is 1. The van der Waals surface area contributed by atoms with E-state index in [1.807, 2.05) is 6.07 Å². The summed E-state index contributed by atoms with van der Waals surface area (Å²) in [6.45, 7) is 0.